The van der Waals surface area contributed by atoms with Gasteiger partial charge in [0, 0.05) is 27.8 Å². The summed E-state index contributed by atoms with van der Waals surface area (Å²) in [5.74, 6) is 0. The van der Waals surface area contributed by atoms with Crippen molar-refractivity contribution in [2.24, 2.45) is 0 Å². The van der Waals surface area contributed by atoms with Crippen LogP contribution in [0.1, 0.15) is 49.9 Å². The van der Waals surface area contributed by atoms with Crippen LogP contribution >= 0.6 is 0 Å². The summed E-state index contributed by atoms with van der Waals surface area (Å²) in [6.07, 6.45) is 0. The highest BCUT2D eigenvalue weighted by Gasteiger charge is 2.36. The number of anilines is 3. The van der Waals surface area contributed by atoms with Gasteiger partial charge in [0.2, 0.25) is 0 Å². The molecule has 2 aliphatic rings. The van der Waals surface area contributed by atoms with Crippen LogP contribution in [0.25, 0.3) is 66.8 Å². The minimum atomic E-state index is -0.0500. The monoisotopic (exact) mass is 781 g/mol. The van der Waals surface area contributed by atoms with Crippen molar-refractivity contribution in [2.45, 2.75) is 38.5 Å². The van der Waals surface area contributed by atoms with Gasteiger partial charge < -0.3 is 4.90 Å². The van der Waals surface area contributed by atoms with Crippen molar-refractivity contribution < 1.29 is 0 Å². The topological polar surface area (TPSA) is 3.24 Å². The van der Waals surface area contributed by atoms with Gasteiger partial charge in [-0.15, -0.1) is 0 Å². The zero-order chi connectivity index (χ0) is 41.3. The predicted octanol–water partition coefficient (Wildman–Crippen LogP) is 16.4. The third-order valence-electron chi connectivity index (χ3n) is 13.5. The van der Waals surface area contributed by atoms with Gasteiger partial charge in [0.05, 0.1) is 5.69 Å². The molecule has 0 saturated heterocycles. The molecule has 0 fully saturated rings. The molecular weight excluding hydrogens is 735 g/mol. The first-order valence-electron chi connectivity index (χ1n) is 21.5. The molecular formula is C60H47N. The first-order chi connectivity index (χ1) is 29.8. The summed E-state index contributed by atoms with van der Waals surface area (Å²) < 4.78 is 0. The van der Waals surface area contributed by atoms with Gasteiger partial charge in [-0.25, -0.2) is 0 Å². The molecule has 1 heteroatoms. The Morgan fingerprint density at radius 3 is 1.11 bits per heavy atom. The van der Waals surface area contributed by atoms with E-state index in [1.54, 1.807) is 0 Å². The molecule has 0 amide bonds. The van der Waals surface area contributed by atoms with Crippen LogP contribution in [0, 0.1) is 0 Å². The van der Waals surface area contributed by atoms with E-state index in [1.165, 1.54) is 89.0 Å². The highest BCUT2D eigenvalue weighted by Crippen LogP contribution is 2.51. The molecule has 0 aliphatic heterocycles. The van der Waals surface area contributed by atoms with E-state index < -0.39 is 0 Å². The van der Waals surface area contributed by atoms with E-state index >= 15 is 0 Å². The van der Waals surface area contributed by atoms with Crippen LogP contribution in [0.3, 0.4) is 0 Å². The van der Waals surface area contributed by atoms with Crippen molar-refractivity contribution in [1.82, 2.24) is 0 Å². The lowest BCUT2D eigenvalue weighted by atomic mass is 9.81. The van der Waals surface area contributed by atoms with Gasteiger partial charge in [0.25, 0.3) is 0 Å². The van der Waals surface area contributed by atoms with E-state index in [9.17, 15) is 0 Å². The Morgan fingerprint density at radius 1 is 0.262 bits per heavy atom. The Hall–Kier alpha value is -7.22. The lowest BCUT2D eigenvalue weighted by Gasteiger charge is -2.29. The Bertz CT molecular complexity index is 2950. The van der Waals surface area contributed by atoms with Crippen molar-refractivity contribution in [3.8, 4) is 66.8 Å². The molecule has 0 radical (unpaired) electrons. The van der Waals surface area contributed by atoms with Crippen LogP contribution in [0.15, 0.2) is 212 Å². The molecule has 1 nitrogen and oxygen atoms in total. The number of fused-ring (bicyclic) bond motifs is 6. The van der Waals surface area contributed by atoms with E-state index in [-0.39, 0.29) is 10.8 Å². The Kier molecular flexibility index (Phi) is 8.58. The normalized spacial score (nSPS) is 13.8. The second kappa shape index (κ2) is 14.2. The third kappa shape index (κ3) is 6.07. The molecule has 0 N–H and O–H groups in total. The Labute approximate surface area is 360 Å². The molecule has 0 atom stereocenters. The summed E-state index contributed by atoms with van der Waals surface area (Å²) >= 11 is 0. The molecule has 0 spiro atoms. The van der Waals surface area contributed by atoms with Gasteiger partial charge in [0.1, 0.15) is 0 Å². The van der Waals surface area contributed by atoms with Gasteiger partial charge in [-0.05, 0) is 132 Å². The van der Waals surface area contributed by atoms with Gasteiger partial charge >= 0.3 is 0 Å². The van der Waals surface area contributed by atoms with Crippen LogP contribution in [0.5, 0.6) is 0 Å². The van der Waals surface area contributed by atoms with Crippen LogP contribution in [0.4, 0.5) is 17.1 Å². The maximum absolute atomic E-state index is 2.43. The predicted molar refractivity (Wildman–Crippen MR) is 258 cm³/mol. The maximum atomic E-state index is 2.43. The molecule has 11 rings (SSSR count). The number of hydrogen-bond acceptors (Lipinski definition) is 1. The smallest absolute Gasteiger partial charge is 0.0540 e. The summed E-state index contributed by atoms with van der Waals surface area (Å²) in [5.41, 5.74) is 23.8. The Balaban J connectivity index is 1.02. The average Bonchev–Trinajstić information content (AvgIpc) is 3.69. The standard InChI is InChI=1S/C60H47N/c1-59(2)54-21-13-11-19-49(54)51-34-27-45(38-56(51)59)41-23-30-47(31-24-41)61(58-36-29-44(40-15-7-5-8-16-40)37-53(58)43-17-9-6-10-18-43)48-32-25-42(26-33-48)46-28-35-52-50-20-12-14-22-55(50)60(3,4)57(52)39-46/h5-39H,1-4H3. The molecule has 0 bridgehead atoms. The number of rotatable bonds is 7. The molecule has 9 aromatic carbocycles. The fourth-order valence-electron chi connectivity index (χ4n) is 10.2. The summed E-state index contributed by atoms with van der Waals surface area (Å²) in [5, 5.41) is 0. The van der Waals surface area contributed by atoms with Gasteiger partial charge in [0.15, 0.2) is 0 Å². The second-order valence-electron chi connectivity index (χ2n) is 17.8. The summed E-state index contributed by atoms with van der Waals surface area (Å²) in [6, 6.07) is 78.5. The van der Waals surface area contributed by atoms with Crippen molar-refractivity contribution in [3.05, 3.63) is 235 Å². The van der Waals surface area contributed by atoms with E-state index in [0.717, 1.165) is 17.1 Å². The maximum Gasteiger partial charge on any atom is 0.0540 e. The molecule has 0 aromatic heterocycles. The molecule has 292 valence electrons. The lowest BCUT2D eigenvalue weighted by molar-refractivity contribution is 0.660. The summed E-state index contributed by atoms with van der Waals surface area (Å²) in [6.45, 7) is 9.41. The van der Waals surface area contributed by atoms with Crippen LogP contribution < -0.4 is 4.90 Å². The number of hydrogen-bond donors (Lipinski definition) is 0. The molecule has 0 unspecified atom stereocenters. The van der Waals surface area contributed by atoms with Crippen molar-refractivity contribution in [1.29, 1.82) is 0 Å². The van der Waals surface area contributed by atoms with Crippen LogP contribution in [-0.4, -0.2) is 0 Å². The molecule has 61 heavy (non-hydrogen) atoms. The SMILES string of the molecule is CC1(C)c2ccccc2-c2ccc(-c3ccc(N(c4ccc(-c5ccc6c(c5)C(C)(C)c5ccccc5-6)cc4)c4ccc(-c5ccccc5)cc4-c4ccccc4)cc3)cc21. The second-order valence-corrected chi connectivity index (χ2v) is 17.8. The quantitative estimate of drug-likeness (QED) is 0.156. The van der Waals surface area contributed by atoms with Gasteiger partial charge in [-0.2, -0.15) is 0 Å². The molecule has 0 saturated carbocycles. The number of benzene rings is 9. The highest BCUT2D eigenvalue weighted by molar-refractivity contribution is 5.92. The third-order valence-corrected chi connectivity index (χ3v) is 13.5. The molecule has 9 aromatic rings. The van der Waals surface area contributed by atoms with E-state index in [2.05, 4.69) is 245 Å². The van der Waals surface area contributed by atoms with Crippen LogP contribution in [-0.2, 0) is 10.8 Å². The molecule has 0 heterocycles. The minimum absolute atomic E-state index is 0.0500. The zero-order valence-corrected chi connectivity index (χ0v) is 35.2. The van der Waals surface area contributed by atoms with Crippen molar-refractivity contribution >= 4 is 17.1 Å². The fourth-order valence-corrected chi connectivity index (χ4v) is 10.2. The Morgan fingerprint density at radius 2 is 0.623 bits per heavy atom. The fraction of sp³-hybridized carbons (Fsp3) is 0.100. The zero-order valence-electron chi connectivity index (χ0n) is 35.2. The van der Waals surface area contributed by atoms with Crippen molar-refractivity contribution in [3.63, 3.8) is 0 Å². The first kappa shape index (κ1) is 36.8. The van der Waals surface area contributed by atoms with Gasteiger partial charge in [-0.3, -0.25) is 0 Å². The minimum Gasteiger partial charge on any atom is -0.310 e. The van der Waals surface area contributed by atoms with Crippen molar-refractivity contribution in [2.75, 3.05) is 4.90 Å². The summed E-state index contributed by atoms with van der Waals surface area (Å²) in [7, 11) is 0. The number of nitrogens with zero attached hydrogens (tertiary/aromatic N) is 1. The van der Waals surface area contributed by atoms with Gasteiger partial charge in [-0.1, -0.05) is 191 Å². The van der Waals surface area contributed by atoms with Crippen LogP contribution in [0.2, 0.25) is 0 Å². The van der Waals surface area contributed by atoms with E-state index in [4.69, 9.17) is 0 Å². The van der Waals surface area contributed by atoms with E-state index in [0.29, 0.717) is 0 Å². The lowest BCUT2D eigenvalue weighted by Crippen LogP contribution is -2.14. The van der Waals surface area contributed by atoms with E-state index in [1.807, 2.05) is 0 Å². The highest BCUT2D eigenvalue weighted by atomic mass is 15.1. The largest absolute Gasteiger partial charge is 0.310 e. The summed E-state index contributed by atoms with van der Waals surface area (Å²) in [4.78, 5) is 2.43. The average molecular weight is 782 g/mol. The molecule has 2 aliphatic carbocycles. The first-order valence-corrected chi connectivity index (χ1v) is 21.5.